The summed E-state index contributed by atoms with van der Waals surface area (Å²) >= 11 is 0. The van der Waals surface area contributed by atoms with E-state index in [0.29, 0.717) is 0 Å². The Bertz CT molecular complexity index is 455. The number of carbonyl (C=O) groups is 3. The van der Waals surface area contributed by atoms with Gasteiger partial charge in [-0.2, -0.15) is 0 Å². The van der Waals surface area contributed by atoms with Gasteiger partial charge in [-0.05, 0) is 20.3 Å². The monoisotopic (exact) mass is 347 g/mol. The number of carboxylic acid groups (broad SMARTS) is 1. The molecular weight excluding hydrogens is 324 g/mol. The molecule has 2 amide bonds. The Labute approximate surface area is 151 Å². The van der Waals surface area contributed by atoms with Gasteiger partial charge in [0.1, 0.15) is 12.1 Å². The Morgan fingerprint density at radius 2 is 1.59 bits per heavy atom. The van der Waals surface area contributed by atoms with Crippen molar-refractivity contribution >= 4 is 54.7 Å². The van der Waals surface area contributed by atoms with Crippen LogP contribution in [0, 0.1) is 0 Å². The van der Waals surface area contributed by atoms with E-state index < -0.39 is 43.3 Å². The molecule has 4 atom stereocenters. The Morgan fingerprint density at radius 1 is 1.14 bits per heavy atom. The molecule has 0 saturated heterocycles. The van der Waals surface area contributed by atoms with Crippen LogP contribution in [0.3, 0.4) is 0 Å². The van der Waals surface area contributed by atoms with Crippen LogP contribution in [-0.2, 0) is 18.9 Å². The number of aliphatic carboxylic acids is 1. The van der Waals surface area contributed by atoms with E-state index in [0.717, 1.165) is 0 Å². The molecular formula is C11H23N3NaO6P. The first-order valence-corrected chi connectivity index (χ1v) is 8.61. The summed E-state index contributed by atoms with van der Waals surface area (Å²) in [6, 6.07) is -3.06. The van der Waals surface area contributed by atoms with Gasteiger partial charge in [-0.1, -0.05) is 0 Å². The second kappa shape index (κ2) is 10.4. The van der Waals surface area contributed by atoms with E-state index in [2.05, 4.69) is 10.6 Å². The van der Waals surface area contributed by atoms with Crippen LogP contribution >= 0.6 is 7.37 Å². The van der Waals surface area contributed by atoms with Crippen LogP contribution in [-0.4, -0.2) is 88.3 Å². The fourth-order valence-corrected chi connectivity index (χ4v) is 2.05. The summed E-state index contributed by atoms with van der Waals surface area (Å²) < 4.78 is 11.1. The molecule has 0 aliphatic heterocycles. The first-order chi connectivity index (χ1) is 9.44. The van der Waals surface area contributed by atoms with Crippen LogP contribution < -0.4 is 16.4 Å². The summed E-state index contributed by atoms with van der Waals surface area (Å²) in [5.41, 5.74) is 5.55. The molecule has 0 aromatic carbocycles. The zero-order valence-corrected chi connectivity index (χ0v) is 13.1. The number of nitrogens with one attached hydrogen (secondary N) is 2. The third kappa shape index (κ3) is 10.3. The first kappa shape index (κ1) is 23.8. The van der Waals surface area contributed by atoms with Gasteiger partial charge in [0.15, 0.2) is 7.37 Å². The van der Waals surface area contributed by atoms with Crippen molar-refractivity contribution in [2.45, 2.75) is 38.4 Å². The first-order valence-electron chi connectivity index (χ1n) is 6.32. The van der Waals surface area contributed by atoms with E-state index in [4.69, 9.17) is 15.7 Å². The molecule has 0 radical (unpaired) electrons. The van der Waals surface area contributed by atoms with Crippen LogP contribution in [0.2, 0.25) is 0 Å². The molecule has 0 rings (SSSR count). The summed E-state index contributed by atoms with van der Waals surface area (Å²) in [6.07, 6.45) is -0.0891. The van der Waals surface area contributed by atoms with Crippen LogP contribution in [0.4, 0.5) is 0 Å². The van der Waals surface area contributed by atoms with Crippen LogP contribution in [0.15, 0.2) is 0 Å². The number of hydrogen-bond donors (Lipinski definition) is 5. The number of amides is 2. The van der Waals surface area contributed by atoms with Gasteiger partial charge in [-0.25, -0.2) is 0 Å². The van der Waals surface area contributed by atoms with Crippen molar-refractivity contribution in [3.63, 3.8) is 0 Å². The third-order valence-corrected chi connectivity index (χ3v) is 3.76. The van der Waals surface area contributed by atoms with Crippen molar-refractivity contribution in [2.75, 3.05) is 12.8 Å². The third-order valence-electron chi connectivity index (χ3n) is 2.67. The molecule has 0 aliphatic rings. The molecule has 6 N–H and O–H groups in total. The predicted octanol–water partition coefficient (Wildman–Crippen LogP) is -1.95. The standard InChI is InChI=1S/C11H22N3O6P.Na.H/c1-6(9(15)14-7(2)11(17)18)13-10(16)8(12)4-5-21(3,19)20;;/h6-8H,4-5,12H2,1-3H3,(H,13,16)(H,14,15)(H,17,18)(H,19,20);;/t6-,7-,8-;;/m0../s1. The Balaban J connectivity index is 0. The van der Waals surface area contributed by atoms with E-state index in [1.54, 1.807) is 0 Å². The number of nitrogens with two attached hydrogens (primary N) is 1. The molecule has 0 heterocycles. The van der Waals surface area contributed by atoms with Gasteiger partial charge in [-0.15, -0.1) is 0 Å². The average Bonchev–Trinajstić information content (AvgIpc) is 2.34. The van der Waals surface area contributed by atoms with Crippen molar-refractivity contribution in [3.05, 3.63) is 0 Å². The van der Waals surface area contributed by atoms with Gasteiger partial charge in [0.25, 0.3) is 0 Å². The molecule has 0 aromatic heterocycles. The number of hydrogen-bond acceptors (Lipinski definition) is 5. The summed E-state index contributed by atoms with van der Waals surface area (Å²) in [4.78, 5) is 43.0. The van der Waals surface area contributed by atoms with Gasteiger partial charge >= 0.3 is 35.5 Å². The number of carbonyl (C=O) groups excluding carboxylic acids is 2. The molecule has 124 valence electrons. The van der Waals surface area contributed by atoms with Crippen molar-refractivity contribution in [3.8, 4) is 0 Å². The molecule has 0 saturated carbocycles. The summed E-state index contributed by atoms with van der Waals surface area (Å²) in [5, 5.41) is 13.2. The van der Waals surface area contributed by atoms with E-state index in [1.165, 1.54) is 20.5 Å². The quantitative estimate of drug-likeness (QED) is 0.252. The molecule has 1 unspecified atom stereocenters. The van der Waals surface area contributed by atoms with Crippen molar-refractivity contribution in [1.29, 1.82) is 0 Å². The van der Waals surface area contributed by atoms with Gasteiger partial charge in [0, 0.05) is 12.8 Å². The van der Waals surface area contributed by atoms with E-state index in [1.807, 2.05) is 0 Å². The minimum absolute atomic E-state index is 0. The zero-order valence-electron chi connectivity index (χ0n) is 12.2. The summed E-state index contributed by atoms with van der Waals surface area (Å²) in [7, 11) is -3.25. The van der Waals surface area contributed by atoms with Crippen molar-refractivity contribution < 1.29 is 28.9 Å². The van der Waals surface area contributed by atoms with Crippen molar-refractivity contribution in [1.82, 2.24) is 10.6 Å². The molecule has 0 fully saturated rings. The van der Waals surface area contributed by atoms with Crippen LogP contribution in [0.1, 0.15) is 20.3 Å². The molecule has 11 heteroatoms. The normalized spacial score (nSPS) is 17.1. The Kier molecular flexibility index (Phi) is 11.2. The van der Waals surface area contributed by atoms with Gasteiger partial charge in [0.2, 0.25) is 11.8 Å². The topological polar surface area (TPSA) is 159 Å². The number of carboxylic acids is 1. The Morgan fingerprint density at radius 3 is 2.00 bits per heavy atom. The maximum absolute atomic E-state index is 11.7. The van der Waals surface area contributed by atoms with E-state index in [-0.39, 0.29) is 42.1 Å². The van der Waals surface area contributed by atoms with Crippen LogP contribution in [0.5, 0.6) is 0 Å². The Hall–Kier alpha value is -0.440. The molecule has 0 aromatic rings. The molecule has 0 spiro atoms. The second-order valence-corrected chi connectivity index (χ2v) is 7.52. The van der Waals surface area contributed by atoms with Crippen LogP contribution in [0.25, 0.3) is 0 Å². The fourth-order valence-electron chi connectivity index (χ4n) is 1.30. The van der Waals surface area contributed by atoms with Crippen molar-refractivity contribution in [2.24, 2.45) is 5.73 Å². The fraction of sp³-hybridized carbons (Fsp3) is 0.727. The number of rotatable bonds is 8. The summed E-state index contributed by atoms with van der Waals surface area (Å²) in [5.74, 6) is -2.50. The molecule has 0 aliphatic carbocycles. The molecule has 22 heavy (non-hydrogen) atoms. The average molecular weight is 347 g/mol. The van der Waals surface area contributed by atoms with Gasteiger partial charge in [0.05, 0.1) is 6.04 Å². The van der Waals surface area contributed by atoms with Gasteiger partial charge in [-0.3, -0.25) is 18.9 Å². The van der Waals surface area contributed by atoms with E-state index in [9.17, 15) is 18.9 Å². The summed E-state index contributed by atoms with van der Waals surface area (Å²) in [6.45, 7) is 3.84. The molecule has 9 nitrogen and oxygen atoms in total. The molecule has 0 bridgehead atoms. The predicted molar refractivity (Wildman–Crippen MR) is 83.2 cm³/mol. The maximum atomic E-state index is 11.7. The SMILES string of the molecule is C[C@H](NC(=O)[C@H](C)NC(=O)[C@@H](N)CCP(C)(=O)O)C(=O)O.[NaH]. The second-order valence-electron chi connectivity index (χ2n) is 4.97. The van der Waals surface area contributed by atoms with E-state index >= 15 is 0 Å². The minimum atomic E-state index is -3.25. The van der Waals surface area contributed by atoms with Gasteiger partial charge < -0.3 is 26.4 Å². The zero-order chi connectivity index (χ0) is 16.8.